The van der Waals surface area contributed by atoms with Gasteiger partial charge in [-0.25, -0.2) is 4.98 Å². The van der Waals surface area contributed by atoms with Gasteiger partial charge in [-0.2, -0.15) is 0 Å². The number of thiazole rings is 1. The Bertz CT molecular complexity index is 763. The predicted molar refractivity (Wildman–Crippen MR) is 97.3 cm³/mol. The van der Waals surface area contributed by atoms with Gasteiger partial charge in [-0.3, -0.25) is 19.8 Å². The van der Waals surface area contributed by atoms with Gasteiger partial charge in [-0.05, 0) is 25.5 Å². The SMILES string of the molecule is CC(=O)c1ccc(N2CCCN(Cc3cscn3)CC2)c([N+](=O)[O-])c1. The number of hydrogen-bond acceptors (Lipinski definition) is 7. The van der Waals surface area contributed by atoms with Gasteiger partial charge >= 0.3 is 0 Å². The Balaban J connectivity index is 1.75. The van der Waals surface area contributed by atoms with Crippen LogP contribution in [-0.4, -0.2) is 46.8 Å². The first-order valence-electron chi connectivity index (χ1n) is 8.18. The number of nitro groups is 1. The van der Waals surface area contributed by atoms with E-state index >= 15 is 0 Å². The first kappa shape index (κ1) is 17.5. The lowest BCUT2D eigenvalue weighted by molar-refractivity contribution is -0.384. The molecule has 132 valence electrons. The molecular formula is C17H20N4O3S. The molecule has 0 spiro atoms. The fourth-order valence-corrected chi connectivity index (χ4v) is 3.62. The molecule has 1 aliphatic heterocycles. The number of rotatable bonds is 5. The van der Waals surface area contributed by atoms with Crippen LogP contribution in [0.25, 0.3) is 0 Å². The van der Waals surface area contributed by atoms with E-state index in [4.69, 9.17) is 0 Å². The van der Waals surface area contributed by atoms with Crippen molar-refractivity contribution < 1.29 is 9.72 Å². The van der Waals surface area contributed by atoms with Crippen LogP contribution >= 0.6 is 11.3 Å². The zero-order valence-electron chi connectivity index (χ0n) is 14.1. The van der Waals surface area contributed by atoms with Crippen molar-refractivity contribution in [2.45, 2.75) is 19.9 Å². The number of benzene rings is 1. The van der Waals surface area contributed by atoms with E-state index in [1.165, 1.54) is 13.0 Å². The highest BCUT2D eigenvalue weighted by Crippen LogP contribution is 2.30. The van der Waals surface area contributed by atoms with Crippen LogP contribution < -0.4 is 4.90 Å². The third-order valence-electron chi connectivity index (χ3n) is 4.38. The average molecular weight is 360 g/mol. The number of anilines is 1. The summed E-state index contributed by atoms with van der Waals surface area (Å²) in [6, 6.07) is 4.75. The number of Topliss-reactive ketones (excluding diaryl/α,β-unsaturated/α-hetero) is 1. The number of nitrogens with zero attached hydrogens (tertiary/aromatic N) is 4. The van der Waals surface area contributed by atoms with Crippen molar-refractivity contribution in [3.8, 4) is 0 Å². The van der Waals surface area contributed by atoms with E-state index in [0.717, 1.165) is 38.3 Å². The van der Waals surface area contributed by atoms with Gasteiger partial charge in [0.25, 0.3) is 5.69 Å². The first-order valence-corrected chi connectivity index (χ1v) is 9.12. The largest absolute Gasteiger partial charge is 0.365 e. The Morgan fingerprint density at radius 1 is 1.32 bits per heavy atom. The molecule has 1 fully saturated rings. The molecule has 0 atom stereocenters. The summed E-state index contributed by atoms with van der Waals surface area (Å²) in [5.41, 5.74) is 3.86. The normalized spacial score (nSPS) is 15.8. The Hall–Kier alpha value is -2.32. The van der Waals surface area contributed by atoms with Crippen LogP contribution in [0.4, 0.5) is 11.4 Å². The van der Waals surface area contributed by atoms with E-state index in [9.17, 15) is 14.9 Å². The number of ketones is 1. The maximum atomic E-state index is 11.5. The lowest BCUT2D eigenvalue weighted by atomic mass is 10.1. The summed E-state index contributed by atoms with van der Waals surface area (Å²) in [7, 11) is 0. The van der Waals surface area contributed by atoms with Crippen molar-refractivity contribution >= 4 is 28.5 Å². The van der Waals surface area contributed by atoms with Crippen LogP contribution in [0, 0.1) is 10.1 Å². The minimum absolute atomic E-state index is 0.000603. The summed E-state index contributed by atoms with van der Waals surface area (Å²) in [4.78, 5) is 31.2. The first-order chi connectivity index (χ1) is 12.0. The second-order valence-corrected chi connectivity index (χ2v) is 6.83. The van der Waals surface area contributed by atoms with Crippen molar-refractivity contribution in [3.05, 3.63) is 50.5 Å². The second kappa shape index (κ2) is 7.71. The highest BCUT2D eigenvalue weighted by molar-refractivity contribution is 7.07. The van der Waals surface area contributed by atoms with Gasteiger partial charge in [0.15, 0.2) is 5.78 Å². The lowest BCUT2D eigenvalue weighted by Gasteiger charge is -2.23. The van der Waals surface area contributed by atoms with Gasteiger partial charge in [0.2, 0.25) is 0 Å². The number of aromatic nitrogens is 1. The van der Waals surface area contributed by atoms with E-state index in [-0.39, 0.29) is 11.5 Å². The van der Waals surface area contributed by atoms with Crippen LogP contribution in [0.2, 0.25) is 0 Å². The number of hydrogen-bond donors (Lipinski definition) is 0. The molecule has 1 aliphatic rings. The molecule has 0 unspecified atom stereocenters. The standard InChI is InChI=1S/C17H20N4O3S/c1-13(22)14-3-4-16(17(9-14)21(23)24)20-6-2-5-19(7-8-20)10-15-11-25-12-18-15/h3-4,9,11-12H,2,5-8,10H2,1H3. The van der Waals surface area contributed by atoms with Crippen LogP contribution in [0.5, 0.6) is 0 Å². The quantitative estimate of drug-likeness (QED) is 0.463. The average Bonchev–Trinajstić information content (AvgIpc) is 2.99. The van der Waals surface area contributed by atoms with Crippen molar-refractivity contribution in [2.75, 3.05) is 31.1 Å². The van der Waals surface area contributed by atoms with Crippen molar-refractivity contribution in [3.63, 3.8) is 0 Å². The summed E-state index contributed by atoms with van der Waals surface area (Å²) in [5, 5.41) is 13.5. The summed E-state index contributed by atoms with van der Waals surface area (Å²) < 4.78 is 0. The Kier molecular flexibility index (Phi) is 5.40. The van der Waals surface area contributed by atoms with Crippen LogP contribution in [0.1, 0.15) is 29.4 Å². The van der Waals surface area contributed by atoms with Gasteiger partial charge in [0.1, 0.15) is 5.69 Å². The van der Waals surface area contributed by atoms with E-state index < -0.39 is 4.92 Å². The maximum Gasteiger partial charge on any atom is 0.293 e. The van der Waals surface area contributed by atoms with Crippen molar-refractivity contribution in [1.82, 2.24) is 9.88 Å². The lowest BCUT2D eigenvalue weighted by Crippen LogP contribution is -2.31. The summed E-state index contributed by atoms with van der Waals surface area (Å²) in [6.07, 6.45) is 0.926. The smallest absolute Gasteiger partial charge is 0.293 e. The van der Waals surface area contributed by atoms with Gasteiger partial charge < -0.3 is 4.90 Å². The zero-order valence-corrected chi connectivity index (χ0v) is 14.9. The molecule has 7 nitrogen and oxygen atoms in total. The Morgan fingerprint density at radius 3 is 2.84 bits per heavy atom. The molecular weight excluding hydrogens is 340 g/mol. The number of carbonyl (C=O) groups is 1. The van der Waals surface area contributed by atoms with Gasteiger partial charge in [0.05, 0.1) is 16.1 Å². The van der Waals surface area contributed by atoms with Crippen LogP contribution in [0.3, 0.4) is 0 Å². The summed E-state index contributed by atoms with van der Waals surface area (Å²) >= 11 is 1.59. The monoisotopic (exact) mass is 360 g/mol. The van der Waals surface area contributed by atoms with E-state index in [1.54, 1.807) is 23.5 Å². The predicted octanol–water partition coefficient (Wildman–Crippen LogP) is 2.97. The maximum absolute atomic E-state index is 11.5. The molecule has 1 aromatic carbocycles. The third kappa shape index (κ3) is 4.21. The molecule has 8 heteroatoms. The second-order valence-electron chi connectivity index (χ2n) is 6.11. The molecule has 0 saturated carbocycles. The van der Waals surface area contributed by atoms with Gasteiger partial charge in [-0.15, -0.1) is 11.3 Å². The molecule has 2 heterocycles. The molecule has 0 aliphatic carbocycles. The highest BCUT2D eigenvalue weighted by atomic mass is 32.1. The molecule has 3 rings (SSSR count). The topological polar surface area (TPSA) is 79.6 Å². The van der Waals surface area contributed by atoms with E-state index in [0.29, 0.717) is 17.8 Å². The van der Waals surface area contributed by atoms with Crippen LogP contribution in [0.15, 0.2) is 29.1 Å². The summed E-state index contributed by atoms with van der Waals surface area (Å²) in [5.74, 6) is -0.167. The Labute approximate surface area is 150 Å². The van der Waals surface area contributed by atoms with E-state index in [1.807, 2.05) is 15.8 Å². The molecule has 0 amide bonds. The van der Waals surface area contributed by atoms with Crippen LogP contribution in [-0.2, 0) is 6.54 Å². The Morgan fingerprint density at radius 2 is 2.16 bits per heavy atom. The third-order valence-corrected chi connectivity index (χ3v) is 5.01. The fraction of sp³-hybridized carbons (Fsp3) is 0.412. The minimum atomic E-state index is -0.403. The summed E-state index contributed by atoms with van der Waals surface area (Å²) in [6.45, 7) is 5.46. The number of nitro benzene ring substituents is 1. The molecule has 0 bridgehead atoms. The fourth-order valence-electron chi connectivity index (χ4n) is 3.07. The molecule has 25 heavy (non-hydrogen) atoms. The number of carbonyl (C=O) groups excluding carboxylic acids is 1. The van der Waals surface area contributed by atoms with E-state index in [2.05, 4.69) is 9.88 Å². The zero-order chi connectivity index (χ0) is 17.8. The van der Waals surface area contributed by atoms with Gasteiger partial charge in [0, 0.05) is 49.7 Å². The molecule has 0 N–H and O–H groups in total. The molecule has 1 aromatic heterocycles. The van der Waals surface area contributed by atoms with Crippen molar-refractivity contribution in [1.29, 1.82) is 0 Å². The van der Waals surface area contributed by atoms with Crippen molar-refractivity contribution in [2.24, 2.45) is 0 Å². The van der Waals surface area contributed by atoms with Gasteiger partial charge in [-0.1, -0.05) is 0 Å². The molecule has 1 saturated heterocycles. The highest BCUT2D eigenvalue weighted by Gasteiger charge is 2.23. The molecule has 0 radical (unpaired) electrons. The minimum Gasteiger partial charge on any atom is -0.365 e. The molecule has 2 aromatic rings.